The zero-order valence-electron chi connectivity index (χ0n) is 11.1. The van der Waals surface area contributed by atoms with Crippen molar-refractivity contribution in [2.75, 3.05) is 20.8 Å². The van der Waals surface area contributed by atoms with Crippen LogP contribution in [-0.4, -0.2) is 32.1 Å². The lowest BCUT2D eigenvalue weighted by molar-refractivity contribution is 0.0884. The molecular weight excluding hydrogens is 230 g/mol. The van der Waals surface area contributed by atoms with Gasteiger partial charge in [0.25, 0.3) is 0 Å². The molecule has 0 aliphatic carbocycles. The summed E-state index contributed by atoms with van der Waals surface area (Å²) in [6, 6.07) is 5.30. The quantitative estimate of drug-likeness (QED) is 0.829. The van der Waals surface area contributed by atoms with E-state index < -0.39 is 5.54 Å². The summed E-state index contributed by atoms with van der Waals surface area (Å²) in [6.07, 6.45) is 1.91. The van der Waals surface area contributed by atoms with Crippen LogP contribution in [0.3, 0.4) is 0 Å². The molecule has 0 aromatic heterocycles. The third-order valence-corrected chi connectivity index (χ3v) is 3.52. The lowest BCUT2D eigenvalue weighted by Gasteiger charge is -2.23. The Kier molecular flexibility index (Phi) is 3.57. The Hall–Kier alpha value is -1.55. The van der Waals surface area contributed by atoms with E-state index in [1.165, 1.54) is 0 Å². The van der Waals surface area contributed by atoms with Crippen molar-refractivity contribution in [2.24, 2.45) is 0 Å². The Morgan fingerprint density at radius 3 is 2.56 bits per heavy atom. The van der Waals surface area contributed by atoms with Gasteiger partial charge in [-0.3, -0.25) is 4.79 Å². The fourth-order valence-corrected chi connectivity index (χ4v) is 2.38. The van der Waals surface area contributed by atoms with Crippen molar-refractivity contribution in [3.63, 3.8) is 0 Å². The van der Waals surface area contributed by atoms with E-state index in [1.54, 1.807) is 32.4 Å². The van der Waals surface area contributed by atoms with Crippen LogP contribution in [-0.2, 0) is 0 Å². The molecule has 4 heteroatoms. The first-order valence-corrected chi connectivity index (χ1v) is 6.12. The Balaban J connectivity index is 2.31. The Labute approximate surface area is 107 Å². The van der Waals surface area contributed by atoms with E-state index in [0.717, 1.165) is 19.4 Å². The topological polar surface area (TPSA) is 47.6 Å². The summed E-state index contributed by atoms with van der Waals surface area (Å²) in [5, 5.41) is 3.28. The van der Waals surface area contributed by atoms with E-state index in [9.17, 15) is 4.79 Å². The van der Waals surface area contributed by atoms with Gasteiger partial charge in [0.1, 0.15) is 0 Å². The van der Waals surface area contributed by atoms with E-state index in [1.807, 2.05) is 6.92 Å². The standard InChI is InChI=1S/C14H19NO3/c1-14(7-4-8-15-14)13(16)10-5-6-11(17-2)12(9-10)18-3/h5-6,9,15H,4,7-8H2,1-3H3. The second kappa shape index (κ2) is 4.98. The van der Waals surface area contributed by atoms with Gasteiger partial charge in [-0.1, -0.05) is 0 Å². The first-order chi connectivity index (χ1) is 8.60. The highest BCUT2D eigenvalue weighted by atomic mass is 16.5. The number of hydrogen-bond donors (Lipinski definition) is 1. The second-order valence-electron chi connectivity index (χ2n) is 4.76. The van der Waals surface area contributed by atoms with Crippen LogP contribution in [0, 0.1) is 0 Å². The van der Waals surface area contributed by atoms with Crippen LogP contribution in [0.25, 0.3) is 0 Å². The molecule has 1 aliphatic rings. The van der Waals surface area contributed by atoms with Crippen LogP contribution in [0.4, 0.5) is 0 Å². The molecule has 1 aromatic carbocycles. The number of methoxy groups -OCH3 is 2. The monoisotopic (exact) mass is 249 g/mol. The molecule has 2 rings (SSSR count). The Bertz CT molecular complexity index is 450. The summed E-state index contributed by atoms with van der Waals surface area (Å²) >= 11 is 0. The van der Waals surface area contributed by atoms with Crippen LogP contribution in [0.5, 0.6) is 11.5 Å². The van der Waals surface area contributed by atoms with Gasteiger partial charge in [-0.25, -0.2) is 0 Å². The minimum atomic E-state index is -0.445. The summed E-state index contributed by atoms with van der Waals surface area (Å²) in [4.78, 5) is 12.5. The van der Waals surface area contributed by atoms with Gasteiger partial charge in [0, 0.05) is 5.56 Å². The van der Waals surface area contributed by atoms with Crippen molar-refractivity contribution < 1.29 is 14.3 Å². The minimum absolute atomic E-state index is 0.112. The highest BCUT2D eigenvalue weighted by Gasteiger charge is 2.36. The normalized spacial score (nSPS) is 22.8. The van der Waals surface area contributed by atoms with E-state index in [2.05, 4.69) is 5.32 Å². The summed E-state index contributed by atoms with van der Waals surface area (Å²) in [7, 11) is 3.15. The number of rotatable bonds is 4. The number of benzene rings is 1. The SMILES string of the molecule is COc1ccc(C(=O)C2(C)CCCN2)cc1OC. The van der Waals surface area contributed by atoms with Crippen molar-refractivity contribution in [3.05, 3.63) is 23.8 Å². The van der Waals surface area contributed by atoms with E-state index in [-0.39, 0.29) is 5.78 Å². The predicted molar refractivity (Wildman–Crippen MR) is 69.5 cm³/mol. The third-order valence-electron chi connectivity index (χ3n) is 3.52. The molecule has 1 fully saturated rings. The van der Waals surface area contributed by atoms with Crippen LogP contribution in [0.15, 0.2) is 18.2 Å². The first-order valence-electron chi connectivity index (χ1n) is 6.12. The number of hydrogen-bond acceptors (Lipinski definition) is 4. The van der Waals surface area contributed by atoms with Crippen molar-refractivity contribution in [2.45, 2.75) is 25.3 Å². The van der Waals surface area contributed by atoms with Gasteiger partial charge in [-0.15, -0.1) is 0 Å². The molecule has 98 valence electrons. The zero-order chi connectivity index (χ0) is 13.2. The highest BCUT2D eigenvalue weighted by Crippen LogP contribution is 2.30. The smallest absolute Gasteiger partial charge is 0.182 e. The van der Waals surface area contributed by atoms with E-state index in [4.69, 9.17) is 9.47 Å². The van der Waals surface area contributed by atoms with Crippen LogP contribution < -0.4 is 14.8 Å². The molecule has 0 saturated carbocycles. The van der Waals surface area contributed by atoms with Gasteiger partial charge in [-0.2, -0.15) is 0 Å². The molecule has 1 unspecified atom stereocenters. The van der Waals surface area contributed by atoms with Crippen molar-refractivity contribution in [3.8, 4) is 11.5 Å². The molecule has 1 saturated heterocycles. The van der Waals surface area contributed by atoms with Gasteiger partial charge in [0.05, 0.1) is 19.8 Å². The molecule has 0 bridgehead atoms. The number of ether oxygens (including phenoxy) is 2. The van der Waals surface area contributed by atoms with Crippen molar-refractivity contribution >= 4 is 5.78 Å². The largest absolute Gasteiger partial charge is 0.493 e. The molecule has 1 heterocycles. The average molecular weight is 249 g/mol. The maximum Gasteiger partial charge on any atom is 0.182 e. The maximum absolute atomic E-state index is 12.5. The fraction of sp³-hybridized carbons (Fsp3) is 0.500. The molecule has 1 aromatic rings. The van der Waals surface area contributed by atoms with Gasteiger partial charge in [-0.05, 0) is 44.5 Å². The summed E-state index contributed by atoms with van der Waals surface area (Å²) in [6.45, 7) is 2.86. The second-order valence-corrected chi connectivity index (χ2v) is 4.76. The van der Waals surface area contributed by atoms with Crippen molar-refractivity contribution in [1.29, 1.82) is 0 Å². The van der Waals surface area contributed by atoms with Crippen LogP contribution in [0.1, 0.15) is 30.1 Å². The Morgan fingerprint density at radius 1 is 1.28 bits per heavy atom. The molecule has 0 spiro atoms. The lowest BCUT2D eigenvalue weighted by atomic mass is 9.90. The molecule has 1 N–H and O–H groups in total. The van der Waals surface area contributed by atoms with E-state index in [0.29, 0.717) is 17.1 Å². The van der Waals surface area contributed by atoms with Gasteiger partial charge in [0.15, 0.2) is 17.3 Å². The van der Waals surface area contributed by atoms with Crippen LogP contribution in [0.2, 0.25) is 0 Å². The summed E-state index contributed by atoms with van der Waals surface area (Å²) in [5.74, 6) is 1.34. The molecular formula is C14H19NO3. The predicted octanol–water partition coefficient (Wildman–Crippen LogP) is 2.03. The summed E-state index contributed by atoms with van der Waals surface area (Å²) in [5.41, 5.74) is 0.212. The average Bonchev–Trinajstić information content (AvgIpc) is 2.85. The minimum Gasteiger partial charge on any atom is -0.493 e. The molecule has 1 aliphatic heterocycles. The van der Waals surface area contributed by atoms with E-state index >= 15 is 0 Å². The van der Waals surface area contributed by atoms with Gasteiger partial charge < -0.3 is 14.8 Å². The molecule has 4 nitrogen and oxygen atoms in total. The van der Waals surface area contributed by atoms with Crippen LogP contribution >= 0.6 is 0 Å². The number of Topliss-reactive ketones (excluding diaryl/α,β-unsaturated/α-hetero) is 1. The van der Waals surface area contributed by atoms with Crippen molar-refractivity contribution in [1.82, 2.24) is 5.32 Å². The first kappa shape index (κ1) is 12.9. The zero-order valence-corrected chi connectivity index (χ0v) is 11.1. The lowest BCUT2D eigenvalue weighted by Crippen LogP contribution is -2.44. The molecule has 0 amide bonds. The van der Waals surface area contributed by atoms with Gasteiger partial charge in [0.2, 0.25) is 0 Å². The molecule has 18 heavy (non-hydrogen) atoms. The highest BCUT2D eigenvalue weighted by molar-refractivity contribution is 6.03. The maximum atomic E-state index is 12.5. The molecule has 0 radical (unpaired) electrons. The third kappa shape index (κ3) is 2.20. The number of ketones is 1. The summed E-state index contributed by atoms with van der Waals surface area (Å²) < 4.78 is 10.4. The molecule has 1 atom stereocenters. The number of carbonyl (C=O) groups excluding carboxylic acids is 1. The fourth-order valence-electron chi connectivity index (χ4n) is 2.38. The number of carbonyl (C=O) groups is 1. The number of nitrogens with one attached hydrogen (secondary N) is 1. The Morgan fingerprint density at radius 2 is 2.00 bits per heavy atom. The van der Waals surface area contributed by atoms with Gasteiger partial charge >= 0.3 is 0 Å².